The summed E-state index contributed by atoms with van der Waals surface area (Å²) in [4.78, 5) is 4.25. The first-order valence-corrected chi connectivity index (χ1v) is 7.17. The fourth-order valence-electron chi connectivity index (χ4n) is 1.79. The standard InChI is InChI=1S/C10H11ClN2O2S/c1-3-8-5-4-6-13-9(8)12-7(2)10(13)16(11,14)15/h4-6H,3H2,1-2H3. The molecule has 0 aromatic carbocycles. The highest BCUT2D eigenvalue weighted by atomic mass is 35.7. The van der Waals surface area contributed by atoms with Gasteiger partial charge in [-0.3, -0.25) is 4.40 Å². The van der Waals surface area contributed by atoms with E-state index in [4.69, 9.17) is 10.7 Å². The fraction of sp³-hybridized carbons (Fsp3) is 0.300. The third kappa shape index (κ3) is 1.70. The molecule has 4 nitrogen and oxygen atoms in total. The van der Waals surface area contributed by atoms with Gasteiger partial charge in [0.1, 0.15) is 5.65 Å². The van der Waals surface area contributed by atoms with E-state index in [1.165, 1.54) is 4.40 Å². The average molecular weight is 259 g/mol. The number of aromatic nitrogens is 2. The van der Waals surface area contributed by atoms with E-state index in [0.29, 0.717) is 11.3 Å². The summed E-state index contributed by atoms with van der Waals surface area (Å²) in [6.07, 6.45) is 2.45. The van der Waals surface area contributed by atoms with Crippen molar-refractivity contribution in [2.24, 2.45) is 0 Å². The number of rotatable bonds is 2. The second-order valence-corrected chi connectivity index (χ2v) is 6.00. The molecule has 0 amide bonds. The zero-order valence-corrected chi connectivity index (χ0v) is 10.5. The number of nitrogens with zero attached hydrogens (tertiary/aromatic N) is 2. The van der Waals surface area contributed by atoms with Crippen molar-refractivity contribution in [1.82, 2.24) is 9.38 Å². The smallest absolute Gasteiger partial charge is 0.279 e. The first kappa shape index (κ1) is 11.4. The van der Waals surface area contributed by atoms with Crippen LogP contribution < -0.4 is 0 Å². The highest BCUT2D eigenvalue weighted by molar-refractivity contribution is 8.13. The SMILES string of the molecule is CCc1cccn2c(S(=O)(=O)Cl)c(C)nc12. The maximum atomic E-state index is 11.4. The third-order valence-corrected chi connectivity index (χ3v) is 3.85. The Morgan fingerprint density at radius 1 is 1.50 bits per heavy atom. The van der Waals surface area contributed by atoms with E-state index >= 15 is 0 Å². The number of halogens is 1. The molecular formula is C10H11ClN2O2S. The monoisotopic (exact) mass is 258 g/mol. The van der Waals surface area contributed by atoms with Gasteiger partial charge in [-0.1, -0.05) is 13.0 Å². The average Bonchev–Trinajstić information content (AvgIpc) is 2.52. The molecular weight excluding hydrogens is 248 g/mol. The Kier molecular flexibility index (Phi) is 2.67. The van der Waals surface area contributed by atoms with Crippen molar-refractivity contribution in [1.29, 1.82) is 0 Å². The summed E-state index contributed by atoms with van der Waals surface area (Å²) in [6, 6.07) is 3.71. The van der Waals surface area contributed by atoms with Crippen molar-refractivity contribution in [3.05, 3.63) is 29.6 Å². The molecule has 0 fully saturated rings. The molecule has 86 valence electrons. The Morgan fingerprint density at radius 3 is 2.75 bits per heavy atom. The van der Waals surface area contributed by atoms with E-state index in [9.17, 15) is 8.42 Å². The van der Waals surface area contributed by atoms with E-state index in [2.05, 4.69) is 4.98 Å². The van der Waals surface area contributed by atoms with Crippen LogP contribution in [0.25, 0.3) is 5.65 Å². The fourth-order valence-corrected chi connectivity index (χ4v) is 3.12. The molecule has 0 N–H and O–H groups in total. The van der Waals surface area contributed by atoms with Crippen LogP contribution in [-0.4, -0.2) is 17.8 Å². The molecule has 2 aromatic rings. The summed E-state index contributed by atoms with van der Waals surface area (Å²) in [7, 11) is 1.62. The normalized spacial score (nSPS) is 12.2. The summed E-state index contributed by atoms with van der Waals surface area (Å²) < 4.78 is 24.4. The van der Waals surface area contributed by atoms with Gasteiger partial charge in [0.2, 0.25) is 0 Å². The molecule has 0 atom stereocenters. The van der Waals surface area contributed by atoms with Crippen molar-refractivity contribution in [3.63, 3.8) is 0 Å². The van der Waals surface area contributed by atoms with Crippen LogP contribution in [0.2, 0.25) is 0 Å². The molecule has 0 spiro atoms. The molecule has 0 aliphatic heterocycles. The lowest BCUT2D eigenvalue weighted by atomic mass is 10.2. The Labute approximate surface area is 98.3 Å². The van der Waals surface area contributed by atoms with E-state index in [-0.39, 0.29) is 5.03 Å². The Hall–Kier alpha value is -1.07. The van der Waals surface area contributed by atoms with Crippen LogP contribution >= 0.6 is 10.7 Å². The highest BCUT2D eigenvalue weighted by Crippen LogP contribution is 2.23. The van der Waals surface area contributed by atoms with Gasteiger partial charge in [-0.15, -0.1) is 0 Å². The molecule has 16 heavy (non-hydrogen) atoms. The van der Waals surface area contributed by atoms with E-state index < -0.39 is 9.05 Å². The molecule has 0 aliphatic rings. The van der Waals surface area contributed by atoms with Gasteiger partial charge in [0.05, 0.1) is 5.69 Å². The number of aryl methyl sites for hydroxylation is 2. The predicted octanol–water partition coefficient (Wildman–Crippen LogP) is 2.13. The second-order valence-electron chi connectivity index (χ2n) is 3.52. The van der Waals surface area contributed by atoms with Crippen LogP contribution in [0.5, 0.6) is 0 Å². The zero-order chi connectivity index (χ0) is 11.9. The van der Waals surface area contributed by atoms with Gasteiger partial charge < -0.3 is 0 Å². The largest absolute Gasteiger partial charge is 0.289 e. The van der Waals surface area contributed by atoms with Crippen LogP contribution in [0.4, 0.5) is 0 Å². The van der Waals surface area contributed by atoms with Crippen molar-refractivity contribution >= 4 is 25.4 Å². The summed E-state index contributed by atoms with van der Waals surface area (Å²) in [5, 5.41) is 0.0551. The molecule has 0 aliphatic carbocycles. The van der Waals surface area contributed by atoms with Crippen molar-refractivity contribution in [2.45, 2.75) is 25.3 Å². The summed E-state index contributed by atoms with van der Waals surface area (Å²) >= 11 is 0. The van der Waals surface area contributed by atoms with Crippen LogP contribution in [0, 0.1) is 6.92 Å². The van der Waals surface area contributed by atoms with Gasteiger partial charge in [0.15, 0.2) is 5.03 Å². The minimum Gasteiger partial charge on any atom is -0.289 e. The number of hydrogen-bond donors (Lipinski definition) is 0. The minimum absolute atomic E-state index is 0.0551. The topological polar surface area (TPSA) is 51.4 Å². The van der Waals surface area contributed by atoms with Gasteiger partial charge in [-0.05, 0) is 25.0 Å². The Morgan fingerprint density at radius 2 is 2.19 bits per heavy atom. The molecule has 0 radical (unpaired) electrons. The van der Waals surface area contributed by atoms with Crippen molar-refractivity contribution in [3.8, 4) is 0 Å². The molecule has 6 heteroatoms. The second kappa shape index (κ2) is 3.75. The van der Waals surface area contributed by atoms with Gasteiger partial charge in [-0.2, -0.15) is 0 Å². The Balaban J connectivity index is 2.92. The number of imidazole rings is 1. The van der Waals surface area contributed by atoms with Crippen LogP contribution in [0.1, 0.15) is 18.2 Å². The highest BCUT2D eigenvalue weighted by Gasteiger charge is 2.21. The molecule has 0 saturated heterocycles. The first-order valence-electron chi connectivity index (χ1n) is 4.86. The van der Waals surface area contributed by atoms with Crippen molar-refractivity contribution in [2.75, 3.05) is 0 Å². The predicted molar refractivity (Wildman–Crippen MR) is 62.3 cm³/mol. The van der Waals surface area contributed by atoms with Gasteiger partial charge in [-0.25, -0.2) is 13.4 Å². The lowest BCUT2D eigenvalue weighted by Gasteiger charge is -2.01. The minimum atomic E-state index is -3.77. The van der Waals surface area contributed by atoms with E-state index in [0.717, 1.165) is 12.0 Å². The molecule has 0 unspecified atom stereocenters. The van der Waals surface area contributed by atoms with Gasteiger partial charge in [0.25, 0.3) is 9.05 Å². The number of hydrogen-bond acceptors (Lipinski definition) is 3. The summed E-state index contributed by atoms with van der Waals surface area (Å²) in [5.74, 6) is 0. The molecule has 2 aromatic heterocycles. The number of pyridine rings is 1. The summed E-state index contributed by atoms with van der Waals surface area (Å²) in [6.45, 7) is 3.63. The van der Waals surface area contributed by atoms with Crippen LogP contribution in [0.3, 0.4) is 0 Å². The maximum absolute atomic E-state index is 11.4. The maximum Gasteiger partial charge on any atom is 0.279 e. The molecule has 2 heterocycles. The van der Waals surface area contributed by atoms with Crippen molar-refractivity contribution < 1.29 is 8.42 Å². The van der Waals surface area contributed by atoms with Crippen LogP contribution in [0.15, 0.2) is 23.4 Å². The first-order chi connectivity index (χ1) is 7.45. The summed E-state index contributed by atoms with van der Waals surface area (Å²) in [5.41, 5.74) is 2.08. The zero-order valence-electron chi connectivity index (χ0n) is 8.94. The van der Waals surface area contributed by atoms with E-state index in [1.54, 1.807) is 19.2 Å². The van der Waals surface area contributed by atoms with Crippen LogP contribution in [-0.2, 0) is 15.5 Å². The number of fused-ring (bicyclic) bond motifs is 1. The Bertz CT molecular complexity index is 646. The van der Waals surface area contributed by atoms with E-state index in [1.807, 2.05) is 13.0 Å². The molecule has 0 bridgehead atoms. The third-order valence-electron chi connectivity index (χ3n) is 2.46. The molecule has 2 rings (SSSR count). The lowest BCUT2D eigenvalue weighted by Crippen LogP contribution is -1.99. The lowest BCUT2D eigenvalue weighted by molar-refractivity contribution is 0.604. The quantitative estimate of drug-likeness (QED) is 0.776. The van der Waals surface area contributed by atoms with Gasteiger partial charge in [0, 0.05) is 16.9 Å². The van der Waals surface area contributed by atoms with Gasteiger partial charge >= 0.3 is 0 Å². The molecule has 0 saturated carbocycles.